The molecule has 128 valence electrons. The summed E-state index contributed by atoms with van der Waals surface area (Å²) in [6.07, 6.45) is 1.82. The molecule has 2 N–H and O–H groups in total. The summed E-state index contributed by atoms with van der Waals surface area (Å²) in [5.74, 6) is 0.100. The summed E-state index contributed by atoms with van der Waals surface area (Å²) < 4.78 is 19.3. The fourth-order valence-electron chi connectivity index (χ4n) is 3.55. The Labute approximate surface area is 145 Å². The molecule has 0 radical (unpaired) electrons. The molecule has 0 spiro atoms. The smallest absolute Gasteiger partial charge is 0.234 e. The van der Waals surface area contributed by atoms with Gasteiger partial charge in [-0.05, 0) is 55.3 Å². The van der Waals surface area contributed by atoms with Crippen molar-refractivity contribution in [1.82, 2.24) is 4.90 Å². The van der Waals surface area contributed by atoms with Crippen LogP contribution in [0, 0.1) is 5.82 Å². The maximum Gasteiger partial charge on any atom is 0.234 e. The van der Waals surface area contributed by atoms with Crippen LogP contribution in [0.2, 0.25) is 0 Å². The van der Waals surface area contributed by atoms with E-state index in [0.29, 0.717) is 17.9 Å². The molecule has 1 aromatic heterocycles. The van der Waals surface area contributed by atoms with Crippen molar-refractivity contribution >= 4 is 16.9 Å². The minimum atomic E-state index is -0.287. The molecule has 1 atom stereocenters. The first kappa shape index (κ1) is 15.8. The minimum Gasteiger partial charge on any atom is -0.456 e. The number of likely N-dealkylation sites (tertiary alicyclic amines) is 1. The van der Waals surface area contributed by atoms with E-state index in [1.165, 1.54) is 12.1 Å². The SMILES string of the molecule is NC(=O)C1CCCN1Cc1ccc2oc(-c3cccc(F)c3)cc2c1. The molecule has 1 fully saturated rings. The predicted molar refractivity (Wildman–Crippen MR) is 94.2 cm³/mol. The summed E-state index contributed by atoms with van der Waals surface area (Å²) in [7, 11) is 0. The number of nitrogens with zero attached hydrogens (tertiary/aromatic N) is 1. The number of halogens is 1. The molecule has 5 heteroatoms. The summed E-state index contributed by atoms with van der Waals surface area (Å²) in [6.45, 7) is 1.57. The Hall–Kier alpha value is -2.66. The lowest BCUT2D eigenvalue weighted by Crippen LogP contribution is -2.39. The van der Waals surface area contributed by atoms with Gasteiger partial charge in [0.25, 0.3) is 0 Å². The van der Waals surface area contributed by atoms with Gasteiger partial charge in [0.15, 0.2) is 0 Å². The summed E-state index contributed by atoms with van der Waals surface area (Å²) in [4.78, 5) is 13.7. The first-order chi connectivity index (χ1) is 12.1. The molecular formula is C20H19FN2O2. The Bertz CT molecular complexity index is 934. The summed E-state index contributed by atoms with van der Waals surface area (Å²) in [5, 5.41) is 0.964. The Kier molecular flexibility index (Phi) is 4.01. The van der Waals surface area contributed by atoms with Crippen molar-refractivity contribution in [2.75, 3.05) is 6.54 Å². The first-order valence-corrected chi connectivity index (χ1v) is 8.42. The minimum absolute atomic E-state index is 0.178. The van der Waals surface area contributed by atoms with Crippen LogP contribution in [0.1, 0.15) is 18.4 Å². The summed E-state index contributed by atoms with van der Waals surface area (Å²) >= 11 is 0. The second kappa shape index (κ2) is 6.33. The van der Waals surface area contributed by atoms with Crippen molar-refractivity contribution < 1.29 is 13.6 Å². The van der Waals surface area contributed by atoms with E-state index in [0.717, 1.165) is 35.9 Å². The van der Waals surface area contributed by atoms with Crippen molar-refractivity contribution in [3.05, 3.63) is 59.9 Å². The Morgan fingerprint density at radius 2 is 2.12 bits per heavy atom. The predicted octanol–water partition coefficient (Wildman–Crippen LogP) is 3.69. The van der Waals surface area contributed by atoms with Crippen LogP contribution in [0.5, 0.6) is 0 Å². The van der Waals surface area contributed by atoms with E-state index in [9.17, 15) is 9.18 Å². The number of carbonyl (C=O) groups excluding carboxylic acids is 1. The van der Waals surface area contributed by atoms with Crippen LogP contribution in [-0.2, 0) is 11.3 Å². The standard InChI is InChI=1S/C20H19FN2O2/c21-16-4-1-3-14(10-16)19-11-15-9-13(6-7-18(15)25-19)12-23-8-2-5-17(23)20(22)24/h1,3-4,6-7,9-11,17H,2,5,8,12H2,(H2,22,24). The molecule has 1 saturated heterocycles. The van der Waals surface area contributed by atoms with Gasteiger partial charge in [-0.1, -0.05) is 18.2 Å². The largest absolute Gasteiger partial charge is 0.456 e. The highest BCUT2D eigenvalue weighted by Crippen LogP contribution is 2.29. The lowest BCUT2D eigenvalue weighted by Gasteiger charge is -2.21. The van der Waals surface area contributed by atoms with Gasteiger partial charge in [-0.25, -0.2) is 4.39 Å². The van der Waals surface area contributed by atoms with E-state index in [2.05, 4.69) is 11.0 Å². The van der Waals surface area contributed by atoms with Gasteiger partial charge < -0.3 is 10.2 Å². The highest BCUT2D eigenvalue weighted by Gasteiger charge is 2.28. The Balaban J connectivity index is 1.61. The summed E-state index contributed by atoms with van der Waals surface area (Å²) in [5.41, 5.74) is 8.06. The van der Waals surface area contributed by atoms with E-state index in [1.54, 1.807) is 6.07 Å². The number of primary amides is 1. The van der Waals surface area contributed by atoms with Gasteiger partial charge in [0.1, 0.15) is 17.2 Å². The fourth-order valence-corrected chi connectivity index (χ4v) is 3.55. The zero-order valence-corrected chi connectivity index (χ0v) is 13.7. The maximum absolute atomic E-state index is 13.4. The lowest BCUT2D eigenvalue weighted by molar-refractivity contribution is -0.122. The quantitative estimate of drug-likeness (QED) is 0.789. The molecule has 4 nitrogen and oxygen atoms in total. The number of carbonyl (C=O) groups is 1. The Morgan fingerprint density at radius 1 is 1.24 bits per heavy atom. The van der Waals surface area contributed by atoms with Crippen molar-refractivity contribution in [2.45, 2.75) is 25.4 Å². The monoisotopic (exact) mass is 338 g/mol. The molecule has 0 aliphatic carbocycles. The second-order valence-corrected chi connectivity index (χ2v) is 6.52. The van der Waals surface area contributed by atoms with Crippen molar-refractivity contribution in [3.63, 3.8) is 0 Å². The van der Waals surface area contributed by atoms with Crippen molar-refractivity contribution in [2.24, 2.45) is 5.73 Å². The molecule has 4 rings (SSSR count). The molecule has 25 heavy (non-hydrogen) atoms. The zero-order chi connectivity index (χ0) is 17.4. The number of benzene rings is 2. The number of nitrogens with two attached hydrogens (primary N) is 1. The zero-order valence-electron chi connectivity index (χ0n) is 13.7. The van der Waals surface area contributed by atoms with E-state index < -0.39 is 0 Å². The highest BCUT2D eigenvalue weighted by atomic mass is 19.1. The van der Waals surface area contributed by atoms with Crippen LogP contribution in [0.3, 0.4) is 0 Å². The van der Waals surface area contributed by atoms with Gasteiger partial charge in [0.2, 0.25) is 5.91 Å². The molecule has 2 heterocycles. The molecule has 0 bridgehead atoms. The number of hydrogen-bond acceptors (Lipinski definition) is 3. The highest BCUT2D eigenvalue weighted by molar-refractivity contribution is 5.83. The van der Waals surface area contributed by atoms with E-state index in [1.807, 2.05) is 24.3 Å². The van der Waals surface area contributed by atoms with Gasteiger partial charge in [-0.3, -0.25) is 9.69 Å². The van der Waals surface area contributed by atoms with Gasteiger partial charge in [0.05, 0.1) is 6.04 Å². The topological polar surface area (TPSA) is 59.5 Å². The first-order valence-electron chi connectivity index (χ1n) is 8.42. The fraction of sp³-hybridized carbons (Fsp3) is 0.250. The van der Waals surface area contributed by atoms with Crippen LogP contribution < -0.4 is 5.73 Å². The molecule has 3 aromatic rings. The summed E-state index contributed by atoms with van der Waals surface area (Å²) in [6, 6.07) is 14.1. The van der Waals surface area contributed by atoms with Crippen LogP contribution in [0.25, 0.3) is 22.3 Å². The van der Waals surface area contributed by atoms with Gasteiger partial charge >= 0.3 is 0 Å². The van der Waals surface area contributed by atoms with Crippen LogP contribution in [0.15, 0.2) is 52.9 Å². The van der Waals surface area contributed by atoms with E-state index in [4.69, 9.17) is 10.2 Å². The van der Waals surface area contributed by atoms with Gasteiger partial charge in [-0.15, -0.1) is 0 Å². The lowest BCUT2D eigenvalue weighted by atomic mass is 10.1. The Morgan fingerprint density at radius 3 is 2.92 bits per heavy atom. The number of fused-ring (bicyclic) bond motifs is 1. The number of amides is 1. The normalized spacial score (nSPS) is 18.0. The molecule has 1 aliphatic heterocycles. The van der Waals surface area contributed by atoms with Crippen LogP contribution in [0.4, 0.5) is 4.39 Å². The average Bonchev–Trinajstić information content (AvgIpc) is 3.21. The number of hydrogen-bond donors (Lipinski definition) is 1. The second-order valence-electron chi connectivity index (χ2n) is 6.52. The molecule has 1 amide bonds. The number of rotatable bonds is 4. The maximum atomic E-state index is 13.4. The third kappa shape index (κ3) is 3.15. The van der Waals surface area contributed by atoms with Crippen LogP contribution in [-0.4, -0.2) is 23.4 Å². The molecule has 2 aromatic carbocycles. The average molecular weight is 338 g/mol. The third-order valence-corrected chi connectivity index (χ3v) is 4.77. The van der Waals surface area contributed by atoms with E-state index in [-0.39, 0.29) is 17.8 Å². The van der Waals surface area contributed by atoms with E-state index >= 15 is 0 Å². The number of furan rings is 1. The third-order valence-electron chi connectivity index (χ3n) is 4.77. The van der Waals surface area contributed by atoms with Crippen molar-refractivity contribution in [3.8, 4) is 11.3 Å². The van der Waals surface area contributed by atoms with Crippen LogP contribution >= 0.6 is 0 Å². The molecule has 0 saturated carbocycles. The van der Waals surface area contributed by atoms with Gasteiger partial charge in [0, 0.05) is 17.5 Å². The molecular weight excluding hydrogens is 319 g/mol. The van der Waals surface area contributed by atoms with Crippen molar-refractivity contribution in [1.29, 1.82) is 0 Å². The molecule has 1 unspecified atom stereocenters. The molecule has 1 aliphatic rings. The van der Waals surface area contributed by atoms with Gasteiger partial charge in [-0.2, -0.15) is 0 Å².